The van der Waals surface area contributed by atoms with Crippen molar-refractivity contribution in [2.45, 2.75) is 19.4 Å². The van der Waals surface area contributed by atoms with Gasteiger partial charge in [-0.3, -0.25) is 19.7 Å². The van der Waals surface area contributed by atoms with Crippen LogP contribution in [0, 0.1) is 10.1 Å². The van der Waals surface area contributed by atoms with Gasteiger partial charge in [0.15, 0.2) is 0 Å². The van der Waals surface area contributed by atoms with Crippen LogP contribution in [0.1, 0.15) is 23.7 Å². The fraction of sp³-hybridized carbons (Fsp3) is 0.333. The molecule has 1 amide bonds. The standard InChI is InChI=1S/C12H15N3O5/c1-7(5-11(16)17)14-9-4-3-8(12(18)13-2)6-10(9)15(19)20/h3-4,6-7,14H,5H2,1-2H3,(H,13,18)(H,16,17). The van der Waals surface area contributed by atoms with Gasteiger partial charge in [0, 0.05) is 24.7 Å². The molecule has 0 aliphatic heterocycles. The van der Waals surface area contributed by atoms with Gasteiger partial charge in [-0.1, -0.05) is 0 Å². The number of carbonyl (C=O) groups excluding carboxylic acids is 1. The molecule has 0 aliphatic rings. The molecule has 8 heteroatoms. The van der Waals surface area contributed by atoms with E-state index < -0.39 is 22.8 Å². The summed E-state index contributed by atoms with van der Waals surface area (Å²) < 4.78 is 0. The fourth-order valence-corrected chi connectivity index (χ4v) is 1.67. The number of hydrogen-bond donors (Lipinski definition) is 3. The minimum absolute atomic E-state index is 0.163. The van der Waals surface area contributed by atoms with E-state index in [-0.39, 0.29) is 23.4 Å². The predicted molar refractivity (Wildman–Crippen MR) is 71.8 cm³/mol. The van der Waals surface area contributed by atoms with E-state index in [4.69, 9.17) is 5.11 Å². The van der Waals surface area contributed by atoms with Crippen molar-refractivity contribution in [1.29, 1.82) is 0 Å². The maximum Gasteiger partial charge on any atom is 0.305 e. The molecule has 0 bridgehead atoms. The molecule has 8 nitrogen and oxygen atoms in total. The van der Waals surface area contributed by atoms with Crippen LogP contribution in [-0.2, 0) is 4.79 Å². The van der Waals surface area contributed by atoms with Crippen molar-refractivity contribution in [2.24, 2.45) is 0 Å². The van der Waals surface area contributed by atoms with Gasteiger partial charge in [0.25, 0.3) is 11.6 Å². The van der Waals surface area contributed by atoms with Gasteiger partial charge in [-0.15, -0.1) is 0 Å². The average molecular weight is 281 g/mol. The van der Waals surface area contributed by atoms with Crippen LogP contribution in [0.15, 0.2) is 18.2 Å². The normalized spacial score (nSPS) is 11.5. The van der Waals surface area contributed by atoms with Crippen molar-refractivity contribution < 1.29 is 19.6 Å². The maximum absolute atomic E-state index is 11.4. The molecule has 0 saturated carbocycles. The zero-order valence-corrected chi connectivity index (χ0v) is 11.0. The van der Waals surface area contributed by atoms with Crippen LogP contribution < -0.4 is 10.6 Å². The Morgan fingerprint density at radius 1 is 1.45 bits per heavy atom. The minimum Gasteiger partial charge on any atom is -0.481 e. The van der Waals surface area contributed by atoms with Gasteiger partial charge >= 0.3 is 5.97 Å². The van der Waals surface area contributed by atoms with E-state index in [1.54, 1.807) is 6.92 Å². The van der Waals surface area contributed by atoms with E-state index in [0.29, 0.717) is 0 Å². The van der Waals surface area contributed by atoms with Gasteiger partial charge in [-0.25, -0.2) is 0 Å². The Morgan fingerprint density at radius 2 is 2.10 bits per heavy atom. The summed E-state index contributed by atoms with van der Waals surface area (Å²) in [6.45, 7) is 1.60. The fourth-order valence-electron chi connectivity index (χ4n) is 1.67. The van der Waals surface area contributed by atoms with Gasteiger partial charge in [0.1, 0.15) is 5.69 Å². The molecular weight excluding hydrogens is 266 g/mol. The summed E-state index contributed by atoms with van der Waals surface area (Å²) in [5.74, 6) is -1.44. The number of nitrogens with zero attached hydrogens (tertiary/aromatic N) is 1. The number of amides is 1. The van der Waals surface area contributed by atoms with Crippen LogP contribution in [0.25, 0.3) is 0 Å². The summed E-state index contributed by atoms with van der Waals surface area (Å²) in [4.78, 5) is 32.4. The summed E-state index contributed by atoms with van der Waals surface area (Å²) in [7, 11) is 1.43. The van der Waals surface area contributed by atoms with Gasteiger partial charge < -0.3 is 15.7 Å². The lowest BCUT2D eigenvalue weighted by Crippen LogP contribution is -2.21. The molecule has 0 fully saturated rings. The molecule has 0 spiro atoms. The SMILES string of the molecule is CNC(=O)c1ccc(NC(C)CC(=O)O)c([N+](=O)[O-])c1. The molecule has 1 aromatic carbocycles. The largest absolute Gasteiger partial charge is 0.481 e. The highest BCUT2D eigenvalue weighted by Gasteiger charge is 2.19. The molecule has 0 saturated heterocycles. The molecule has 3 N–H and O–H groups in total. The summed E-state index contributed by atoms with van der Waals surface area (Å²) in [5.41, 5.74) is 0.0652. The second kappa shape index (κ2) is 6.50. The third-order valence-electron chi connectivity index (χ3n) is 2.57. The number of benzene rings is 1. The van der Waals surface area contributed by atoms with Crippen molar-refractivity contribution in [3.05, 3.63) is 33.9 Å². The Bertz CT molecular complexity index is 544. The molecule has 1 unspecified atom stereocenters. The highest BCUT2D eigenvalue weighted by molar-refractivity contribution is 5.95. The Balaban J connectivity index is 3.04. The van der Waals surface area contributed by atoms with E-state index in [0.717, 1.165) is 6.07 Å². The molecule has 0 aromatic heterocycles. The van der Waals surface area contributed by atoms with E-state index in [2.05, 4.69) is 10.6 Å². The number of nitro benzene ring substituents is 1. The first-order valence-corrected chi connectivity index (χ1v) is 5.84. The van der Waals surface area contributed by atoms with Crippen LogP contribution in [-0.4, -0.2) is 35.0 Å². The zero-order valence-electron chi connectivity index (χ0n) is 11.0. The number of carboxylic acid groups (broad SMARTS) is 1. The van der Waals surface area contributed by atoms with Crippen LogP contribution in [0.3, 0.4) is 0 Å². The topological polar surface area (TPSA) is 122 Å². The molecule has 1 atom stereocenters. The van der Waals surface area contributed by atoms with Gasteiger partial charge in [0.05, 0.1) is 11.3 Å². The van der Waals surface area contributed by atoms with E-state index in [9.17, 15) is 19.7 Å². The first kappa shape index (κ1) is 15.4. The minimum atomic E-state index is -1.00. The number of nitrogens with one attached hydrogen (secondary N) is 2. The molecule has 1 aromatic rings. The van der Waals surface area contributed by atoms with Crippen molar-refractivity contribution in [2.75, 3.05) is 12.4 Å². The molecule has 0 radical (unpaired) electrons. The maximum atomic E-state index is 11.4. The number of rotatable bonds is 6. The highest BCUT2D eigenvalue weighted by atomic mass is 16.6. The Kier molecular flexibility index (Phi) is 5.01. The quantitative estimate of drug-likeness (QED) is 0.532. The number of carbonyl (C=O) groups is 2. The van der Waals surface area contributed by atoms with Gasteiger partial charge in [0.2, 0.25) is 0 Å². The molecule has 1 rings (SSSR count). The zero-order chi connectivity index (χ0) is 15.3. The Hall–Kier alpha value is -2.64. The lowest BCUT2D eigenvalue weighted by molar-refractivity contribution is -0.384. The second-order valence-corrected chi connectivity index (χ2v) is 4.21. The third-order valence-corrected chi connectivity index (χ3v) is 2.57. The third kappa shape index (κ3) is 3.94. The lowest BCUT2D eigenvalue weighted by Gasteiger charge is -2.13. The Morgan fingerprint density at radius 3 is 2.60 bits per heavy atom. The monoisotopic (exact) mass is 281 g/mol. The van der Waals surface area contributed by atoms with Crippen LogP contribution in [0.2, 0.25) is 0 Å². The Labute approximate surface area is 114 Å². The highest BCUT2D eigenvalue weighted by Crippen LogP contribution is 2.26. The molecule has 0 aliphatic carbocycles. The van der Waals surface area contributed by atoms with Crippen molar-refractivity contribution in [3.63, 3.8) is 0 Å². The summed E-state index contributed by atoms with van der Waals surface area (Å²) >= 11 is 0. The summed E-state index contributed by atoms with van der Waals surface area (Å²) in [5, 5.41) is 24.8. The van der Waals surface area contributed by atoms with E-state index in [1.807, 2.05) is 0 Å². The predicted octanol–water partition coefficient (Wildman–Crippen LogP) is 1.23. The van der Waals surface area contributed by atoms with Crippen LogP contribution >= 0.6 is 0 Å². The van der Waals surface area contributed by atoms with Crippen molar-refractivity contribution >= 4 is 23.3 Å². The first-order chi connectivity index (χ1) is 9.35. The number of carboxylic acids is 1. The number of hydrogen-bond acceptors (Lipinski definition) is 5. The van der Waals surface area contributed by atoms with Crippen molar-refractivity contribution in [1.82, 2.24) is 5.32 Å². The van der Waals surface area contributed by atoms with E-state index >= 15 is 0 Å². The van der Waals surface area contributed by atoms with Crippen LogP contribution in [0.5, 0.6) is 0 Å². The van der Waals surface area contributed by atoms with E-state index in [1.165, 1.54) is 19.2 Å². The average Bonchev–Trinajstić information content (AvgIpc) is 2.36. The smallest absolute Gasteiger partial charge is 0.305 e. The second-order valence-electron chi connectivity index (χ2n) is 4.21. The summed E-state index contributed by atoms with van der Waals surface area (Å²) in [6.07, 6.45) is -0.172. The first-order valence-electron chi connectivity index (χ1n) is 5.84. The van der Waals surface area contributed by atoms with Crippen LogP contribution in [0.4, 0.5) is 11.4 Å². The summed E-state index contributed by atoms with van der Waals surface area (Å²) in [6, 6.07) is 3.49. The van der Waals surface area contributed by atoms with Gasteiger partial charge in [-0.2, -0.15) is 0 Å². The van der Waals surface area contributed by atoms with Gasteiger partial charge in [-0.05, 0) is 19.1 Å². The number of aliphatic carboxylic acids is 1. The molecule has 0 heterocycles. The van der Waals surface area contributed by atoms with Crippen molar-refractivity contribution in [3.8, 4) is 0 Å². The number of anilines is 1. The molecular formula is C12H15N3O5. The lowest BCUT2D eigenvalue weighted by atomic mass is 10.1. The molecule has 20 heavy (non-hydrogen) atoms. The number of nitro groups is 1. The molecule has 108 valence electrons.